The molecule has 0 atom stereocenters. The molecule has 3 amide bonds. The van der Waals surface area contributed by atoms with E-state index < -0.39 is 29.5 Å². The van der Waals surface area contributed by atoms with E-state index >= 15 is 0 Å². The van der Waals surface area contributed by atoms with Gasteiger partial charge in [0.1, 0.15) is 17.0 Å². The number of amides is 3. The Hall–Kier alpha value is -3.10. The summed E-state index contributed by atoms with van der Waals surface area (Å²) in [6.07, 6.45) is -2.41. The zero-order valence-electron chi connectivity index (χ0n) is 18.6. The van der Waals surface area contributed by atoms with E-state index in [9.17, 15) is 14.4 Å². The third-order valence-corrected chi connectivity index (χ3v) is 3.30. The molecule has 166 valence electrons. The van der Waals surface area contributed by atoms with Crippen molar-refractivity contribution in [1.82, 2.24) is 4.90 Å². The quantitative estimate of drug-likeness (QED) is 0.439. The van der Waals surface area contributed by atoms with Crippen molar-refractivity contribution in [3.63, 3.8) is 0 Å². The molecular formula is C21H31N3O6. The number of ether oxygens (including phenoxy) is 3. The molecule has 0 unspecified atom stereocenters. The van der Waals surface area contributed by atoms with Crippen LogP contribution in [-0.4, -0.2) is 46.8 Å². The minimum Gasteiger partial charge on any atom is -0.448 e. The summed E-state index contributed by atoms with van der Waals surface area (Å²) in [5.41, 5.74) is 5.36. The van der Waals surface area contributed by atoms with Gasteiger partial charge in [0.25, 0.3) is 0 Å². The summed E-state index contributed by atoms with van der Waals surface area (Å²) in [5, 5.41) is 0. The fraction of sp³-hybridized carbons (Fsp3) is 0.524. The van der Waals surface area contributed by atoms with E-state index in [4.69, 9.17) is 19.9 Å². The van der Waals surface area contributed by atoms with Crippen LogP contribution in [0, 0.1) is 0 Å². The van der Waals surface area contributed by atoms with Gasteiger partial charge in [-0.3, -0.25) is 0 Å². The molecule has 0 heterocycles. The average Bonchev–Trinajstić information content (AvgIpc) is 2.57. The van der Waals surface area contributed by atoms with Crippen LogP contribution in [0.15, 0.2) is 29.3 Å². The number of benzene rings is 1. The number of rotatable bonds is 4. The number of amidine groups is 1. The van der Waals surface area contributed by atoms with Crippen LogP contribution in [0.1, 0.15) is 59.6 Å². The molecule has 0 radical (unpaired) electrons. The summed E-state index contributed by atoms with van der Waals surface area (Å²) in [6, 6.07) is 6.56. The van der Waals surface area contributed by atoms with Gasteiger partial charge in [-0.15, -0.1) is 0 Å². The van der Waals surface area contributed by atoms with E-state index in [1.54, 1.807) is 72.7 Å². The fourth-order valence-corrected chi connectivity index (χ4v) is 2.12. The van der Waals surface area contributed by atoms with Gasteiger partial charge in [0.05, 0.1) is 13.2 Å². The minimum absolute atomic E-state index is 0.00357. The lowest BCUT2D eigenvalue weighted by Gasteiger charge is -2.28. The highest BCUT2D eigenvalue weighted by Gasteiger charge is 2.31. The summed E-state index contributed by atoms with van der Waals surface area (Å²) in [7, 11) is 0. The van der Waals surface area contributed by atoms with Crippen LogP contribution in [0.2, 0.25) is 0 Å². The molecule has 0 saturated heterocycles. The zero-order valence-corrected chi connectivity index (χ0v) is 18.6. The van der Waals surface area contributed by atoms with Crippen molar-refractivity contribution in [2.24, 2.45) is 10.7 Å². The van der Waals surface area contributed by atoms with Gasteiger partial charge in [0.2, 0.25) is 0 Å². The second-order valence-corrected chi connectivity index (χ2v) is 8.44. The average molecular weight is 421 g/mol. The van der Waals surface area contributed by atoms with Crippen molar-refractivity contribution in [3.8, 4) is 0 Å². The first kappa shape index (κ1) is 24.9. The molecule has 0 bridgehead atoms. The van der Waals surface area contributed by atoms with E-state index in [1.807, 2.05) is 0 Å². The Morgan fingerprint density at radius 2 is 1.40 bits per heavy atom. The Balaban J connectivity index is 3.04. The minimum atomic E-state index is -0.816. The highest BCUT2D eigenvalue weighted by molar-refractivity contribution is 6.02. The van der Waals surface area contributed by atoms with Crippen LogP contribution in [0.3, 0.4) is 0 Å². The predicted molar refractivity (Wildman–Crippen MR) is 112 cm³/mol. The van der Waals surface area contributed by atoms with Gasteiger partial charge in [-0.05, 0) is 54.0 Å². The fourth-order valence-electron chi connectivity index (χ4n) is 2.12. The normalized spacial score (nSPS) is 12.2. The van der Waals surface area contributed by atoms with Gasteiger partial charge >= 0.3 is 18.3 Å². The number of hydrogen-bond acceptors (Lipinski definition) is 6. The Bertz CT molecular complexity index is 760. The Kier molecular flexibility index (Phi) is 8.38. The molecule has 1 rings (SSSR count). The summed E-state index contributed by atoms with van der Waals surface area (Å²) >= 11 is 0. The van der Waals surface area contributed by atoms with Crippen LogP contribution in [-0.2, 0) is 20.8 Å². The molecule has 0 aliphatic heterocycles. The molecule has 1 aromatic rings. The van der Waals surface area contributed by atoms with Gasteiger partial charge < -0.3 is 19.9 Å². The molecule has 9 nitrogen and oxygen atoms in total. The van der Waals surface area contributed by atoms with Gasteiger partial charge in [-0.2, -0.15) is 4.99 Å². The topological polar surface area (TPSA) is 121 Å². The maximum absolute atomic E-state index is 12.6. The summed E-state index contributed by atoms with van der Waals surface area (Å²) < 4.78 is 15.4. The summed E-state index contributed by atoms with van der Waals surface area (Å²) in [5.74, 6) is -0.00357. The van der Waals surface area contributed by atoms with Crippen molar-refractivity contribution in [1.29, 1.82) is 0 Å². The second-order valence-electron chi connectivity index (χ2n) is 8.44. The van der Waals surface area contributed by atoms with Crippen molar-refractivity contribution >= 4 is 24.1 Å². The van der Waals surface area contributed by atoms with E-state index in [0.717, 1.165) is 4.90 Å². The standard InChI is InChI=1S/C21H31N3O6/c1-8-28-17(25)23-16(22)15-11-9-14(10-12-15)13-24(18(26)29-20(2,3)4)19(27)30-21(5,6)7/h9-12H,8,13H2,1-7H3,(H2,22,23,25). The summed E-state index contributed by atoms with van der Waals surface area (Å²) in [6.45, 7) is 12.0. The molecule has 0 aliphatic carbocycles. The number of aliphatic imine (C=N–C) groups is 1. The molecule has 1 aromatic carbocycles. The molecule has 2 N–H and O–H groups in total. The van der Waals surface area contributed by atoms with Gasteiger partial charge in [0, 0.05) is 5.56 Å². The smallest absolute Gasteiger partial charge is 0.435 e. The molecule has 0 fully saturated rings. The van der Waals surface area contributed by atoms with Gasteiger partial charge in [-0.1, -0.05) is 24.3 Å². The summed E-state index contributed by atoms with van der Waals surface area (Å²) in [4.78, 5) is 41.1. The molecule has 0 aliphatic rings. The molecule has 0 saturated carbocycles. The number of nitrogens with two attached hydrogens (primary N) is 1. The molecule has 0 aromatic heterocycles. The number of imide groups is 1. The van der Waals surface area contributed by atoms with Crippen molar-refractivity contribution < 1.29 is 28.6 Å². The maximum atomic E-state index is 12.6. The number of hydrogen-bond donors (Lipinski definition) is 1. The van der Waals surface area contributed by atoms with Crippen LogP contribution >= 0.6 is 0 Å². The first-order valence-electron chi connectivity index (χ1n) is 9.55. The van der Waals surface area contributed by atoms with Crippen LogP contribution < -0.4 is 5.73 Å². The van der Waals surface area contributed by atoms with E-state index in [-0.39, 0.29) is 19.0 Å². The van der Waals surface area contributed by atoms with Crippen molar-refractivity contribution in [3.05, 3.63) is 35.4 Å². The van der Waals surface area contributed by atoms with Crippen LogP contribution in [0.25, 0.3) is 0 Å². The Morgan fingerprint density at radius 3 is 1.80 bits per heavy atom. The third-order valence-electron chi connectivity index (χ3n) is 3.30. The lowest BCUT2D eigenvalue weighted by molar-refractivity contribution is -0.000259. The zero-order chi connectivity index (χ0) is 23.1. The Morgan fingerprint density at radius 1 is 0.933 bits per heavy atom. The van der Waals surface area contributed by atoms with Gasteiger partial charge in [0.15, 0.2) is 0 Å². The molecule has 0 spiro atoms. The lowest BCUT2D eigenvalue weighted by Crippen LogP contribution is -2.43. The SMILES string of the molecule is CCOC(=O)N=C(N)c1ccc(CN(C(=O)OC(C)(C)C)C(=O)OC(C)(C)C)cc1. The van der Waals surface area contributed by atoms with Crippen molar-refractivity contribution in [2.75, 3.05) is 6.61 Å². The Labute approximate surface area is 177 Å². The number of nitrogens with zero attached hydrogens (tertiary/aromatic N) is 2. The number of carbonyl (C=O) groups excluding carboxylic acids is 3. The largest absolute Gasteiger partial charge is 0.448 e. The first-order chi connectivity index (χ1) is 13.7. The van der Waals surface area contributed by atoms with Crippen LogP contribution in [0.5, 0.6) is 0 Å². The predicted octanol–water partition coefficient (Wildman–Crippen LogP) is 4.22. The monoisotopic (exact) mass is 421 g/mol. The van der Waals surface area contributed by atoms with Crippen LogP contribution in [0.4, 0.5) is 14.4 Å². The molecular weight excluding hydrogens is 390 g/mol. The highest BCUT2D eigenvalue weighted by Crippen LogP contribution is 2.17. The highest BCUT2D eigenvalue weighted by atomic mass is 16.6. The third kappa shape index (κ3) is 8.93. The van der Waals surface area contributed by atoms with Gasteiger partial charge in [-0.25, -0.2) is 19.3 Å². The van der Waals surface area contributed by atoms with Crippen molar-refractivity contribution in [2.45, 2.75) is 66.2 Å². The maximum Gasteiger partial charge on any atom is 0.435 e. The van der Waals surface area contributed by atoms with E-state index in [1.165, 1.54) is 0 Å². The first-order valence-corrected chi connectivity index (χ1v) is 9.55. The van der Waals surface area contributed by atoms with E-state index in [2.05, 4.69) is 4.99 Å². The lowest BCUT2D eigenvalue weighted by atomic mass is 10.1. The molecule has 30 heavy (non-hydrogen) atoms. The second kappa shape index (κ2) is 10.1. The number of carbonyl (C=O) groups is 3. The van der Waals surface area contributed by atoms with E-state index in [0.29, 0.717) is 11.1 Å². The molecule has 9 heteroatoms.